The number of aromatic nitrogens is 2. The van der Waals surface area contributed by atoms with Gasteiger partial charge in [0.15, 0.2) is 6.10 Å². The molecule has 1 unspecified atom stereocenters. The quantitative estimate of drug-likeness (QED) is 0.176. The van der Waals surface area contributed by atoms with Gasteiger partial charge in [0.1, 0.15) is 11.9 Å². The molecule has 12 heteroatoms. The number of fused-ring (bicyclic) bond motifs is 1. The molecule has 2 fully saturated rings. The Hall–Kier alpha value is -1.39. The van der Waals surface area contributed by atoms with Crippen LogP contribution in [0.1, 0.15) is 103 Å². The first kappa shape index (κ1) is 30.2. The highest BCUT2D eigenvalue weighted by Crippen LogP contribution is 2.59. The molecule has 0 bridgehead atoms. The zero-order valence-electron chi connectivity index (χ0n) is 21.8. The number of alkyl halides is 2. The molecule has 2 saturated heterocycles. The van der Waals surface area contributed by atoms with Crippen molar-refractivity contribution in [2.45, 2.75) is 121 Å². The summed E-state index contributed by atoms with van der Waals surface area (Å²) in [7, 11) is -4.17. The van der Waals surface area contributed by atoms with Gasteiger partial charge >= 0.3 is 19.4 Å². The Morgan fingerprint density at radius 2 is 1.62 bits per heavy atom. The lowest BCUT2D eigenvalue weighted by Crippen LogP contribution is -2.45. The van der Waals surface area contributed by atoms with E-state index in [1.807, 2.05) is 0 Å². The molecule has 2 N–H and O–H groups in total. The van der Waals surface area contributed by atoms with Crippen LogP contribution in [0.5, 0.6) is 0 Å². The molecule has 212 valence electrons. The molecule has 0 aliphatic carbocycles. The number of hydrogen-bond donors (Lipinski definition) is 1. The van der Waals surface area contributed by atoms with Crippen LogP contribution in [0.4, 0.5) is 14.6 Å². The zero-order valence-corrected chi connectivity index (χ0v) is 22.7. The summed E-state index contributed by atoms with van der Waals surface area (Å²) in [5.74, 6) is -3.76. The van der Waals surface area contributed by atoms with Crippen molar-refractivity contribution in [3.63, 3.8) is 0 Å². The van der Waals surface area contributed by atoms with E-state index in [0.29, 0.717) is 11.0 Å². The highest BCUT2D eigenvalue weighted by molar-refractivity contribution is 7.48. The van der Waals surface area contributed by atoms with Gasteiger partial charge in [-0.15, -0.1) is 0 Å². The van der Waals surface area contributed by atoms with Crippen LogP contribution < -0.4 is 11.4 Å². The molecule has 3 rings (SSSR count). The van der Waals surface area contributed by atoms with Gasteiger partial charge in [-0.2, -0.15) is 13.8 Å². The lowest BCUT2D eigenvalue weighted by Gasteiger charge is -2.31. The average molecular weight is 550 g/mol. The van der Waals surface area contributed by atoms with Crippen LogP contribution in [0.3, 0.4) is 0 Å². The van der Waals surface area contributed by atoms with E-state index >= 15 is 8.78 Å². The van der Waals surface area contributed by atoms with Crippen molar-refractivity contribution in [3.8, 4) is 0 Å². The third-order valence-electron chi connectivity index (χ3n) is 6.84. The highest BCUT2D eigenvalue weighted by Gasteiger charge is 2.65. The van der Waals surface area contributed by atoms with E-state index in [1.54, 1.807) is 0 Å². The van der Waals surface area contributed by atoms with Crippen molar-refractivity contribution in [1.29, 1.82) is 0 Å². The molecular formula is C25H42F2N3O6P. The van der Waals surface area contributed by atoms with Crippen molar-refractivity contribution >= 4 is 13.6 Å². The first-order chi connectivity index (χ1) is 17.8. The van der Waals surface area contributed by atoms with Gasteiger partial charge < -0.3 is 10.5 Å². The van der Waals surface area contributed by atoms with E-state index in [2.05, 4.69) is 11.9 Å². The van der Waals surface area contributed by atoms with E-state index in [1.165, 1.54) is 70.3 Å². The van der Waals surface area contributed by atoms with E-state index in [0.717, 1.165) is 25.5 Å². The molecule has 0 spiro atoms. The number of hydrogen-bond acceptors (Lipinski definition) is 8. The summed E-state index contributed by atoms with van der Waals surface area (Å²) in [6, 6.07) is 1.21. The van der Waals surface area contributed by atoms with Crippen LogP contribution in [0, 0.1) is 0 Å². The molecule has 1 aromatic heterocycles. The lowest BCUT2D eigenvalue weighted by atomic mass is 10.0. The zero-order chi connectivity index (χ0) is 26.7. The molecule has 2 aliphatic rings. The third-order valence-corrected chi connectivity index (χ3v) is 8.29. The summed E-state index contributed by atoms with van der Waals surface area (Å²) in [5, 5.41) is 0. The molecule has 0 aromatic carbocycles. The molecule has 0 amide bonds. The van der Waals surface area contributed by atoms with Gasteiger partial charge in [-0.25, -0.2) is 9.36 Å². The number of phosphoric acid groups is 1. The molecule has 9 nitrogen and oxygen atoms in total. The van der Waals surface area contributed by atoms with Crippen LogP contribution in [0.15, 0.2) is 17.1 Å². The predicted octanol–water partition coefficient (Wildman–Crippen LogP) is 6.38. The minimum Gasteiger partial charge on any atom is -0.383 e. The maximum atomic E-state index is 15.1. The summed E-state index contributed by atoms with van der Waals surface area (Å²) in [5.41, 5.74) is 4.44. The number of phosphoric ester groups is 1. The number of nitrogen functional groups attached to an aromatic ring is 1. The molecule has 4 atom stereocenters. The third kappa shape index (κ3) is 8.82. The van der Waals surface area contributed by atoms with Gasteiger partial charge in [-0.3, -0.25) is 18.1 Å². The summed E-state index contributed by atoms with van der Waals surface area (Å²) >= 11 is 0. The maximum Gasteiger partial charge on any atom is 0.475 e. The second-order valence-electron chi connectivity index (χ2n) is 9.94. The molecule has 37 heavy (non-hydrogen) atoms. The fourth-order valence-electron chi connectivity index (χ4n) is 4.71. The van der Waals surface area contributed by atoms with Crippen molar-refractivity contribution < 1.29 is 31.7 Å². The fraction of sp³-hybridized carbons (Fsp3) is 0.840. The van der Waals surface area contributed by atoms with E-state index < -0.39 is 44.5 Å². The first-order valence-corrected chi connectivity index (χ1v) is 15.2. The number of rotatable bonds is 17. The number of halogens is 2. The van der Waals surface area contributed by atoms with E-state index in [9.17, 15) is 9.36 Å². The molecule has 0 radical (unpaired) electrons. The Bertz CT molecular complexity index is 934. The van der Waals surface area contributed by atoms with Gasteiger partial charge in [0.25, 0.3) is 0 Å². The molecular weight excluding hydrogens is 507 g/mol. The number of nitrogens with two attached hydrogens (primary N) is 1. The van der Waals surface area contributed by atoms with Gasteiger partial charge in [-0.1, -0.05) is 90.4 Å². The van der Waals surface area contributed by atoms with Crippen LogP contribution in [-0.4, -0.2) is 40.9 Å². The van der Waals surface area contributed by atoms with Crippen LogP contribution in [0.25, 0.3) is 0 Å². The second kappa shape index (κ2) is 14.7. The number of ether oxygens (including phenoxy) is 1. The number of nitrogens with zero attached hydrogens (tertiary/aromatic N) is 2. The lowest BCUT2D eigenvalue weighted by molar-refractivity contribution is -0.138. The SMILES string of the molecule is CCCCCCCCCCCCCCCCOP1(=O)OC[C@H]2O[C@@H](n3ccc(N)nc3=O)C(F)(F)[C@@H]2O1. The van der Waals surface area contributed by atoms with Crippen molar-refractivity contribution in [2.24, 2.45) is 0 Å². The Morgan fingerprint density at radius 1 is 1.05 bits per heavy atom. The fourth-order valence-corrected chi connectivity index (χ4v) is 6.14. The topological polar surface area (TPSA) is 115 Å². The van der Waals surface area contributed by atoms with Crippen molar-refractivity contribution in [3.05, 3.63) is 22.7 Å². The Morgan fingerprint density at radius 3 is 2.19 bits per heavy atom. The summed E-state index contributed by atoms with van der Waals surface area (Å²) in [4.78, 5) is 15.5. The van der Waals surface area contributed by atoms with Crippen molar-refractivity contribution in [2.75, 3.05) is 18.9 Å². The van der Waals surface area contributed by atoms with Gasteiger partial charge in [-0.05, 0) is 12.5 Å². The Balaban J connectivity index is 1.29. The normalized spacial score (nSPS) is 26.8. The maximum absolute atomic E-state index is 15.1. The summed E-state index contributed by atoms with van der Waals surface area (Å²) in [6.07, 6.45) is 12.8. The van der Waals surface area contributed by atoms with Gasteiger partial charge in [0.2, 0.25) is 6.23 Å². The smallest absolute Gasteiger partial charge is 0.383 e. The van der Waals surface area contributed by atoms with Crippen LogP contribution in [-0.2, 0) is 22.9 Å². The number of unbranched alkanes of at least 4 members (excludes halogenated alkanes) is 13. The predicted molar refractivity (Wildman–Crippen MR) is 136 cm³/mol. The van der Waals surface area contributed by atoms with E-state index in [4.69, 9.17) is 24.0 Å². The average Bonchev–Trinajstić information content (AvgIpc) is 3.11. The minimum atomic E-state index is -4.17. The second-order valence-corrected chi connectivity index (χ2v) is 11.6. The molecule has 1 aromatic rings. The van der Waals surface area contributed by atoms with E-state index in [-0.39, 0.29) is 12.4 Å². The molecule has 3 heterocycles. The van der Waals surface area contributed by atoms with Crippen molar-refractivity contribution in [1.82, 2.24) is 9.55 Å². The summed E-state index contributed by atoms with van der Waals surface area (Å²) < 4.78 is 64.5. The van der Waals surface area contributed by atoms with Gasteiger partial charge in [0.05, 0.1) is 13.2 Å². The largest absolute Gasteiger partial charge is 0.475 e. The number of anilines is 1. The Kier molecular flexibility index (Phi) is 12.0. The first-order valence-electron chi connectivity index (χ1n) is 13.7. The minimum absolute atomic E-state index is 0.0872. The monoisotopic (exact) mass is 549 g/mol. The Labute approximate surface area is 218 Å². The van der Waals surface area contributed by atoms with Gasteiger partial charge in [0, 0.05) is 6.20 Å². The molecule has 2 aliphatic heterocycles. The summed E-state index contributed by atoms with van der Waals surface area (Å²) in [6.45, 7) is 1.93. The highest BCUT2D eigenvalue weighted by atomic mass is 31.2. The molecule has 0 saturated carbocycles. The van der Waals surface area contributed by atoms with Crippen LogP contribution in [0.2, 0.25) is 0 Å². The van der Waals surface area contributed by atoms with Crippen LogP contribution >= 0.6 is 7.82 Å². The standard InChI is InChI=1S/C25H42F2N3O6P/c1-2-3-4-5-6-7-8-9-10-11-12-13-14-15-18-33-37(32)34-19-20-22(36-37)25(26,27)23(35-20)30-17-16-21(28)29-24(30)31/h16-17,20,22-23H,2-15,18-19H2,1H3,(H2,28,29,31)/t20-,22-,23-,37?/m1/s1.